The highest BCUT2D eigenvalue weighted by Crippen LogP contribution is 2.53. The van der Waals surface area contributed by atoms with Crippen LogP contribution >= 0.6 is 7.82 Å². The number of hydrogen-bond acceptors (Lipinski definition) is 10. The lowest BCUT2D eigenvalue weighted by molar-refractivity contribution is -0.158. The van der Waals surface area contributed by atoms with Crippen LogP contribution in [0.2, 0.25) is 0 Å². The third kappa shape index (κ3) is 4.52. The van der Waals surface area contributed by atoms with Crippen LogP contribution in [0.5, 0.6) is 0 Å². The number of phosphoric acid groups is 1. The van der Waals surface area contributed by atoms with Gasteiger partial charge in [-0.25, -0.2) is 19.5 Å². The van der Waals surface area contributed by atoms with E-state index in [0.717, 1.165) is 0 Å². The van der Waals surface area contributed by atoms with E-state index in [4.69, 9.17) is 18.5 Å². The van der Waals surface area contributed by atoms with Gasteiger partial charge in [0.25, 0.3) is 0 Å². The predicted molar refractivity (Wildman–Crippen MR) is 108 cm³/mol. The second-order valence-electron chi connectivity index (χ2n) is 7.45. The van der Waals surface area contributed by atoms with E-state index in [1.54, 1.807) is 0 Å². The first-order valence-corrected chi connectivity index (χ1v) is 11.8. The molecular formula is C18H24N5O8P. The number of imidazole rings is 1. The Labute approximate surface area is 183 Å². The summed E-state index contributed by atoms with van der Waals surface area (Å²) in [6, 6.07) is 0. The van der Waals surface area contributed by atoms with E-state index in [9.17, 15) is 19.0 Å². The summed E-state index contributed by atoms with van der Waals surface area (Å²) >= 11 is 0. The second kappa shape index (κ2) is 9.20. The highest BCUT2D eigenvalue weighted by atomic mass is 31.2. The van der Waals surface area contributed by atoms with Crippen molar-refractivity contribution < 1.29 is 37.6 Å². The molecule has 2 aliphatic rings. The molecule has 1 amide bonds. The third-order valence-corrected chi connectivity index (χ3v) is 6.02. The number of carbonyl (C=O) groups is 2. The van der Waals surface area contributed by atoms with E-state index in [1.807, 2.05) is 13.8 Å². The Morgan fingerprint density at radius 2 is 2.06 bits per heavy atom. The standard InChI is InChI=1S/C18H24N5O8P/c1-3-5-11(24)22-16-13-17(20-8-19-16)23(9-21-13)18-15(30-12(25)6-4-2)14-10(29-18)7-28-32(26,27)31-14/h8-10,14-15,18H,3-7H2,1-2H3,(H,26,27)(H,19,20,22,24)/t10-,14-,15+,18-/m1/s1. The number of nitrogens with one attached hydrogen (secondary N) is 1. The molecule has 2 aromatic rings. The number of phosphoric ester groups is 1. The fourth-order valence-corrected chi connectivity index (χ4v) is 4.60. The average Bonchev–Trinajstić information content (AvgIpc) is 3.30. The number of carbonyl (C=O) groups excluding carboxylic acids is 2. The fourth-order valence-electron chi connectivity index (χ4n) is 3.64. The number of ether oxygens (including phenoxy) is 2. The normalized spacial score (nSPS) is 29.6. The van der Waals surface area contributed by atoms with Crippen molar-refractivity contribution in [1.82, 2.24) is 19.5 Å². The fraction of sp³-hybridized carbons (Fsp3) is 0.611. The number of anilines is 1. The van der Waals surface area contributed by atoms with Gasteiger partial charge in [0.1, 0.15) is 18.5 Å². The van der Waals surface area contributed by atoms with Gasteiger partial charge in [-0.05, 0) is 12.8 Å². The maximum atomic E-state index is 12.3. The quantitative estimate of drug-likeness (QED) is 0.448. The van der Waals surface area contributed by atoms with Crippen molar-refractivity contribution in [1.29, 1.82) is 0 Å². The summed E-state index contributed by atoms with van der Waals surface area (Å²) < 4.78 is 35.1. The number of aromatic nitrogens is 4. The van der Waals surface area contributed by atoms with E-state index in [2.05, 4.69) is 20.3 Å². The van der Waals surface area contributed by atoms with Gasteiger partial charge in [-0.3, -0.25) is 23.2 Å². The van der Waals surface area contributed by atoms with Crippen molar-refractivity contribution in [3.05, 3.63) is 12.7 Å². The number of rotatable bonds is 7. The highest BCUT2D eigenvalue weighted by Gasteiger charge is 2.55. The lowest BCUT2D eigenvalue weighted by atomic mass is 10.1. The molecule has 0 spiro atoms. The Morgan fingerprint density at radius 3 is 2.81 bits per heavy atom. The molecule has 5 atom stereocenters. The summed E-state index contributed by atoms with van der Waals surface area (Å²) in [5.41, 5.74) is 0.638. The molecule has 1 unspecified atom stereocenters. The topological polar surface area (TPSA) is 164 Å². The van der Waals surface area contributed by atoms with Crippen LogP contribution in [0, 0.1) is 0 Å². The van der Waals surface area contributed by atoms with E-state index in [-0.39, 0.29) is 24.8 Å². The van der Waals surface area contributed by atoms with Crippen molar-refractivity contribution in [3.8, 4) is 0 Å². The SMILES string of the molecule is CCCC(=O)Nc1ncnc2c1ncn2[C@@H]1O[C@@H]2COP(=O)(O)O[C@H]2[C@@H]1OC(=O)CCC. The van der Waals surface area contributed by atoms with Crippen LogP contribution in [0.4, 0.5) is 5.82 Å². The first-order valence-electron chi connectivity index (χ1n) is 10.3. The van der Waals surface area contributed by atoms with Gasteiger partial charge in [0, 0.05) is 12.8 Å². The van der Waals surface area contributed by atoms with Gasteiger partial charge < -0.3 is 19.7 Å². The van der Waals surface area contributed by atoms with Crippen molar-refractivity contribution in [2.45, 2.75) is 64.1 Å². The van der Waals surface area contributed by atoms with E-state index < -0.39 is 38.3 Å². The molecule has 2 saturated heterocycles. The molecule has 0 aliphatic carbocycles. The summed E-state index contributed by atoms with van der Waals surface area (Å²) in [6.45, 7) is 3.50. The summed E-state index contributed by atoms with van der Waals surface area (Å²) in [6.07, 6.45) is 0.639. The van der Waals surface area contributed by atoms with Gasteiger partial charge >= 0.3 is 13.8 Å². The highest BCUT2D eigenvalue weighted by molar-refractivity contribution is 7.47. The maximum absolute atomic E-state index is 12.3. The molecule has 32 heavy (non-hydrogen) atoms. The summed E-state index contributed by atoms with van der Waals surface area (Å²) in [5, 5.41) is 2.70. The van der Waals surface area contributed by atoms with E-state index in [0.29, 0.717) is 30.4 Å². The molecule has 4 rings (SSSR count). The van der Waals surface area contributed by atoms with Gasteiger partial charge in [-0.2, -0.15) is 0 Å². The second-order valence-corrected chi connectivity index (χ2v) is 8.85. The van der Waals surface area contributed by atoms with Crippen LogP contribution in [0.1, 0.15) is 45.8 Å². The molecular weight excluding hydrogens is 445 g/mol. The van der Waals surface area contributed by atoms with Gasteiger partial charge in [0.05, 0.1) is 12.9 Å². The van der Waals surface area contributed by atoms with E-state index in [1.165, 1.54) is 17.2 Å². The molecule has 2 aliphatic heterocycles. The first kappa shape index (κ1) is 22.7. The Morgan fingerprint density at radius 1 is 1.28 bits per heavy atom. The number of nitrogens with zero attached hydrogens (tertiary/aromatic N) is 4. The van der Waals surface area contributed by atoms with Crippen molar-refractivity contribution >= 4 is 36.7 Å². The van der Waals surface area contributed by atoms with Crippen LogP contribution in [0.15, 0.2) is 12.7 Å². The Balaban J connectivity index is 1.68. The zero-order chi connectivity index (χ0) is 22.9. The van der Waals surface area contributed by atoms with Gasteiger partial charge in [-0.1, -0.05) is 13.8 Å². The smallest absolute Gasteiger partial charge is 0.455 e. The first-order chi connectivity index (χ1) is 15.3. The number of hydrogen-bond donors (Lipinski definition) is 2. The summed E-state index contributed by atoms with van der Waals surface area (Å²) in [7, 11) is -4.30. The molecule has 174 valence electrons. The minimum atomic E-state index is -4.30. The molecule has 2 N–H and O–H groups in total. The molecule has 0 saturated carbocycles. The molecule has 0 radical (unpaired) electrons. The summed E-state index contributed by atoms with van der Waals surface area (Å²) in [4.78, 5) is 46.7. The van der Waals surface area contributed by atoms with E-state index >= 15 is 0 Å². The molecule has 13 nitrogen and oxygen atoms in total. The van der Waals surface area contributed by atoms with Crippen LogP contribution in [0.3, 0.4) is 0 Å². The number of esters is 1. The van der Waals surface area contributed by atoms with Crippen molar-refractivity contribution in [2.24, 2.45) is 0 Å². The molecule has 0 bridgehead atoms. The van der Waals surface area contributed by atoms with Crippen molar-refractivity contribution in [2.75, 3.05) is 11.9 Å². The Bertz CT molecular complexity index is 1060. The predicted octanol–water partition coefficient (Wildman–Crippen LogP) is 1.69. The molecule has 14 heteroatoms. The van der Waals surface area contributed by atoms with Crippen molar-refractivity contribution in [3.63, 3.8) is 0 Å². The van der Waals surface area contributed by atoms with Gasteiger partial charge in [0.15, 0.2) is 29.3 Å². The minimum absolute atomic E-state index is 0.161. The Kier molecular flexibility index (Phi) is 6.54. The Hall–Kier alpha value is -2.44. The largest absolute Gasteiger partial charge is 0.472 e. The third-order valence-electron chi connectivity index (χ3n) is 5.03. The molecule has 2 fully saturated rings. The zero-order valence-corrected chi connectivity index (χ0v) is 18.4. The summed E-state index contributed by atoms with van der Waals surface area (Å²) in [5.74, 6) is -0.469. The lowest BCUT2D eigenvalue weighted by Crippen LogP contribution is -2.41. The van der Waals surface area contributed by atoms with Crippen LogP contribution in [-0.4, -0.2) is 61.2 Å². The van der Waals surface area contributed by atoms with Gasteiger partial charge in [-0.15, -0.1) is 0 Å². The number of amides is 1. The molecule has 0 aromatic carbocycles. The lowest BCUT2D eigenvalue weighted by Gasteiger charge is -2.29. The maximum Gasteiger partial charge on any atom is 0.472 e. The molecule has 2 aromatic heterocycles. The van der Waals surface area contributed by atoms with Crippen LogP contribution < -0.4 is 5.32 Å². The average molecular weight is 469 g/mol. The van der Waals surface area contributed by atoms with Crippen LogP contribution in [-0.2, 0) is 32.7 Å². The van der Waals surface area contributed by atoms with Crippen LogP contribution in [0.25, 0.3) is 11.2 Å². The molecule has 4 heterocycles. The zero-order valence-electron chi connectivity index (χ0n) is 17.5. The minimum Gasteiger partial charge on any atom is -0.455 e. The van der Waals surface area contributed by atoms with Gasteiger partial charge in [0.2, 0.25) is 5.91 Å². The monoisotopic (exact) mass is 469 g/mol. The number of fused-ring (bicyclic) bond motifs is 2.